The molecule has 4 heteroatoms. The first kappa shape index (κ1) is 8.13. The first-order chi connectivity index (χ1) is 5.68. The quantitative estimate of drug-likeness (QED) is 0.703. The van der Waals surface area contributed by atoms with Crippen LogP contribution in [0.15, 0.2) is 27.7 Å². The molecule has 0 bridgehead atoms. The van der Waals surface area contributed by atoms with Gasteiger partial charge in [-0.05, 0) is 28.1 Å². The van der Waals surface area contributed by atoms with Crippen molar-refractivity contribution in [1.29, 1.82) is 0 Å². The summed E-state index contributed by atoms with van der Waals surface area (Å²) in [6, 6.07) is 5.56. The molecule has 1 aromatic carbocycles. The lowest BCUT2D eigenvalue weighted by Gasteiger charge is -1.85. The van der Waals surface area contributed by atoms with Crippen molar-refractivity contribution in [3.63, 3.8) is 0 Å². The van der Waals surface area contributed by atoms with Crippen LogP contribution in [0.25, 0.3) is 4.48 Å². The van der Waals surface area contributed by atoms with Gasteiger partial charge in [-0.3, -0.25) is 4.79 Å². The monoisotopic (exact) mass is 287 g/mol. The van der Waals surface area contributed by atoms with Crippen LogP contribution in [0.1, 0.15) is 0 Å². The van der Waals surface area contributed by atoms with Gasteiger partial charge in [-0.2, -0.15) is 0 Å². The molecule has 60 valence electrons. The Bertz CT molecular complexity index is 478. The summed E-state index contributed by atoms with van der Waals surface area (Å²) in [7, 11) is 0. The second-order valence-corrected chi connectivity index (χ2v) is 4.10. The molecule has 2 rings (SSSR count). The summed E-state index contributed by atoms with van der Waals surface area (Å²) in [6.07, 6.45) is 0. The van der Waals surface area contributed by atoms with Crippen LogP contribution in [0.5, 0.6) is 0 Å². The average Bonchev–Trinajstić information content (AvgIpc) is 2.28. The van der Waals surface area contributed by atoms with Gasteiger partial charge < -0.3 is 0 Å². The summed E-state index contributed by atoms with van der Waals surface area (Å²) < 4.78 is 1.48. The SMILES string of the molecule is O=C1N=c2cc(Br)ccc2=C1Br. The van der Waals surface area contributed by atoms with E-state index < -0.39 is 0 Å². The Balaban J connectivity index is 2.94. The van der Waals surface area contributed by atoms with E-state index in [0.29, 0.717) is 4.48 Å². The highest BCUT2D eigenvalue weighted by atomic mass is 79.9. The van der Waals surface area contributed by atoms with Crippen molar-refractivity contribution in [3.8, 4) is 0 Å². The van der Waals surface area contributed by atoms with E-state index in [0.717, 1.165) is 15.0 Å². The lowest BCUT2D eigenvalue weighted by Crippen LogP contribution is -2.21. The van der Waals surface area contributed by atoms with Crippen molar-refractivity contribution >= 4 is 42.2 Å². The predicted octanol–water partition coefficient (Wildman–Crippen LogP) is 1.11. The molecule has 12 heavy (non-hydrogen) atoms. The number of hydrogen-bond donors (Lipinski definition) is 0. The highest BCUT2D eigenvalue weighted by molar-refractivity contribution is 9.15. The van der Waals surface area contributed by atoms with Gasteiger partial charge in [0.15, 0.2) is 0 Å². The lowest BCUT2D eigenvalue weighted by atomic mass is 10.3. The first-order valence-corrected chi connectivity index (χ1v) is 4.85. The third kappa shape index (κ3) is 1.15. The van der Waals surface area contributed by atoms with Crippen molar-refractivity contribution in [3.05, 3.63) is 33.2 Å². The summed E-state index contributed by atoms with van der Waals surface area (Å²) in [6.45, 7) is 0. The zero-order valence-corrected chi connectivity index (χ0v) is 9.02. The van der Waals surface area contributed by atoms with Crippen LogP contribution < -0.4 is 10.6 Å². The number of hydrogen-bond acceptors (Lipinski definition) is 1. The maximum absolute atomic E-state index is 11.1. The summed E-state index contributed by atoms with van der Waals surface area (Å²) in [5.74, 6) is -0.205. The second-order valence-electron chi connectivity index (χ2n) is 2.39. The number of nitrogens with zero attached hydrogens (tertiary/aromatic N) is 1. The molecular weight excluding hydrogens is 286 g/mol. The summed E-state index contributed by atoms with van der Waals surface area (Å²) in [5.41, 5.74) is 0. The van der Waals surface area contributed by atoms with E-state index in [-0.39, 0.29) is 5.91 Å². The molecule has 0 unspecified atom stereocenters. The van der Waals surface area contributed by atoms with E-state index >= 15 is 0 Å². The van der Waals surface area contributed by atoms with Crippen LogP contribution in [0.4, 0.5) is 0 Å². The van der Waals surface area contributed by atoms with E-state index in [2.05, 4.69) is 36.9 Å². The number of amides is 1. The number of carbonyl (C=O) groups excluding carboxylic acids is 1. The van der Waals surface area contributed by atoms with Crippen molar-refractivity contribution in [2.45, 2.75) is 0 Å². The highest BCUT2D eigenvalue weighted by Crippen LogP contribution is 2.10. The number of benzene rings is 1. The molecular formula is C8H3Br2NO. The molecule has 0 aromatic heterocycles. The number of carbonyl (C=O) groups is 1. The number of fused-ring (bicyclic) bond motifs is 1. The predicted molar refractivity (Wildman–Crippen MR) is 52.3 cm³/mol. The average molecular weight is 289 g/mol. The molecule has 2 nitrogen and oxygen atoms in total. The van der Waals surface area contributed by atoms with E-state index in [9.17, 15) is 4.79 Å². The first-order valence-electron chi connectivity index (χ1n) is 3.27. The Hall–Kier alpha value is -0.480. The molecule has 0 saturated heterocycles. The van der Waals surface area contributed by atoms with E-state index in [1.165, 1.54) is 0 Å². The molecule has 0 saturated carbocycles. The molecule has 0 aliphatic carbocycles. The molecule has 1 aromatic rings. The standard InChI is InChI=1S/C8H3Br2NO/c9-4-1-2-5-6(3-4)11-8(12)7(5)10/h1-3H. The third-order valence-corrected chi connectivity index (χ3v) is 2.87. The van der Waals surface area contributed by atoms with E-state index in [1.807, 2.05) is 18.2 Å². The third-order valence-electron chi connectivity index (χ3n) is 1.61. The molecule has 1 aliphatic rings. The van der Waals surface area contributed by atoms with Gasteiger partial charge in [-0.25, -0.2) is 4.99 Å². The van der Waals surface area contributed by atoms with Crippen molar-refractivity contribution in [1.82, 2.24) is 0 Å². The summed E-state index contributed by atoms with van der Waals surface area (Å²) in [4.78, 5) is 14.9. The minimum atomic E-state index is -0.205. The molecule has 0 N–H and O–H groups in total. The van der Waals surface area contributed by atoms with Gasteiger partial charge in [0.1, 0.15) is 0 Å². The Labute approximate surface area is 85.3 Å². The Kier molecular flexibility index (Phi) is 1.88. The fraction of sp³-hybridized carbons (Fsp3) is 0. The van der Waals surface area contributed by atoms with Crippen LogP contribution in [-0.2, 0) is 4.79 Å². The van der Waals surface area contributed by atoms with Crippen LogP contribution >= 0.6 is 31.9 Å². The molecule has 1 amide bonds. The maximum atomic E-state index is 11.1. The lowest BCUT2D eigenvalue weighted by molar-refractivity contribution is -0.112. The maximum Gasteiger partial charge on any atom is 0.285 e. The van der Waals surface area contributed by atoms with Gasteiger partial charge in [0.25, 0.3) is 5.91 Å². The van der Waals surface area contributed by atoms with Gasteiger partial charge in [0.2, 0.25) is 0 Å². The van der Waals surface area contributed by atoms with Crippen LogP contribution in [-0.4, -0.2) is 5.91 Å². The molecule has 1 aliphatic heterocycles. The van der Waals surface area contributed by atoms with Crippen LogP contribution in [0.3, 0.4) is 0 Å². The number of rotatable bonds is 0. The fourth-order valence-electron chi connectivity index (χ4n) is 1.06. The van der Waals surface area contributed by atoms with Crippen molar-refractivity contribution in [2.24, 2.45) is 4.99 Å². The normalized spacial score (nSPS) is 14.5. The van der Waals surface area contributed by atoms with Gasteiger partial charge in [0.05, 0.1) is 9.84 Å². The second kappa shape index (κ2) is 2.78. The molecule has 0 spiro atoms. The molecule has 0 fully saturated rings. The minimum Gasteiger partial charge on any atom is -0.266 e. The Morgan fingerprint density at radius 3 is 2.75 bits per heavy atom. The Morgan fingerprint density at radius 2 is 2.00 bits per heavy atom. The van der Waals surface area contributed by atoms with Crippen molar-refractivity contribution < 1.29 is 4.79 Å². The highest BCUT2D eigenvalue weighted by Gasteiger charge is 2.12. The largest absolute Gasteiger partial charge is 0.285 e. The van der Waals surface area contributed by atoms with Crippen LogP contribution in [0.2, 0.25) is 0 Å². The minimum absolute atomic E-state index is 0.205. The summed E-state index contributed by atoms with van der Waals surface area (Å²) >= 11 is 6.49. The van der Waals surface area contributed by atoms with Crippen LogP contribution in [0, 0.1) is 0 Å². The van der Waals surface area contributed by atoms with Gasteiger partial charge >= 0.3 is 0 Å². The van der Waals surface area contributed by atoms with Gasteiger partial charge in [0, 0.05) is 9.69 Å². The van der Waals surface area contributed by atoms with Gasteiger partial charge in [-0.1, -0.05) is 22.0 Å². The fourth-order valence-corrected chi connectivity index (χ4v) is 1.83. The van der Waals surface area contributed by atoms with E-state index in [1.54, 1.807) is 0 Å². The molecule has 1 heterocycles. The van der Waals surface area contributed by atoms with Gasteiger partial charge in [-0.15, -0.1) is 0 Å². The summed E-state index contributed by atoms with van der Waals surface area (Å²) in [5, 5.41) is 1.59. The molecule has 0 radical (unpaired) electrons. The zero-order valence-electron chi connectivity index (χ0n) is 5.84. The molecule has 0 atom stereocenters. The number of halogens is 2. The Morgan fingerprint density at radius 1 is 1.25 bits per heavy atom. The van der Waals surface area contributed by atoms with Crippen molar-refractivity contribution in [2.75, 3.05) is 0 Å². The smallest absolute Gasteiger partial charge is 0.266 e. The van der Waals surface area contributed by atoms with E-state index in [4.69, 9.17) is 0 Å². The topological polar surface area (TPSA) is 29.4 Å². The zero-order chi connectivity index (χ0) is 8.72.